The third-order valence-electron chi connectivity index (χ3n) is 1.62. The van der Waals surface area contributed by atoms with Crippen LogP contribution in [0.2, 0.25) is 0 Å². The normalized spacial score (nSPS) is 31.1. The molecule has 0 bridgehead atoms. The van der Waals surface area contributed by atoms with E-state index >= 15 is 0 Å². The molecule has 1 fully saturated rings. The molecule has 0 spiro atoms. The van der Waals surface area contributed by atoms with Gasteiger partial charge in [-0.15, -0.1) is 0 Å². The first-order valence-electron chi connectivity index (χ1n) is 3.37. The van der Waals surface area contributed by atoms with Crippen molar-refractivity contribution in [2.45, 2.75) is 25.5 Å². The van der Waals surface area contributed by atoms with Gasteiger partial charge in [-0.1, -0.05) is 13.5 Å². The van der Waals surface area contributed by atoms with Crippen LogP contribution in [0.3, 0.4) is 0 Å². The van der Waals surface area contributed by atoms with E-state index in [0.29, 0.717) is 0 Å². The van der Waals surface area contributed by atoms with E-state index in [9.17, 15) is 4.79 Å². The Morgan fingerprint density at radius 2 is 2.60 bits per heavy atom. The molecule has 0 unspecified atom stereocenters. The number of carbonyl (C=O) groups is 1. The van der Waals surface area contributed by atoms with Crippen molar-refractivity contribution >= 4 is 6.09 Å². The highest BCUT2D eigenvalue weighted by molar-refractivity contribution is 5.70. The van der Waals surface area contributed by atoms with Gasteiger partial charge in [0.2, 0.25) is 0 Å². The van der Waals surface area contributed by atoms with E-state index in [1.54, 1.807) is 6.08 Å². The highest BCUT2D eigenvalue weighted by Gasteiger charge is 2.29. The van der Waals surface area contributed by atoms with Gasteiger partial charge >= 0.3 is 6.09 Å². The number of nitrogens with one attached hydrogen (secondary N) is 1. The molecule has 0 radical (unpaired) electrons. The Bertz CT molecular complexity index is 156. The Balaban J connectivity index is 2.56. The topological polar surface area (TPSA) is 38.3 Å². The molecule has 2 atom stereocenters. The summed E-state index contributed by atoms with van der Waals surface area (Å²) >= 11 is 0. The van der Waals surface area contributed by atoms with Crippen LogP contribution in [-0.2, 0) is 4.74 Å². The lowest BCUT2D eigenvalue weighted by Gasteiger charge is -2.08. The first-order chi connectivity index (χ1) is 4.77. The summed E-state index contributed by atoms with van der Waals surface area (Å²) in [6.07, 6.45) is 2.04. The Hall–Kier alpha value is -0.990. The molecule has 1 rings (SSSR count). The molecule has 0 saturated carbocycles. The predicted octanol–water partition coefficient (Wildman–Crippen LogP) is 1.06. The zero-order valence-electron chi connectivity index (χ0n) is 5.96. The Labute approximate surface area is 60.1 Å². The van der Waals surface area contributed by atoms with E-state index in [2.05, 4.69) is 11.9 Å². The standard InChI is InChI=1S/C7H11NO2/c1-3-5-6(4-2)10-7(9)8-5/h4-6H,2-3H2,1H3,(H,8,9)/t5-,6+/m1/s1. The van der Waals surface area contributed by atoms with Gasteiger partial charge in [0.15, 0.2) is 0 Å². The minimum atomic E-state index is -0.336. The molecule has 0 aromatic heterocycles. The SMILES string of the molecule is C=C[C@@H]1OC(=O)N[C@@H]1CC. The van der Waals surface area contributed by atoms with Crippen LogP contribution in [0, 0.1) is 0 Å². The van der Waals surface area contributed by atoms with Gasteiger partial charge in [-0.05, 0) is 12.5 Å². The lowest BCUT2D eigenvalue weighted by molar-refractivity contribution is 0.153. The molecule has 1 aliphatic rings. The number of amides is 1. The lowest BCUT2D eigenvalue weighted by atomic mass is 10.1. The summed E-state index contributed by atoms with van der Waals surface area (Å²) in [5.74, 6) is 0. The number of hydrogen-bond donors (Lipinski definition) is 1. The van der Waals surface area contributed by atoms with E-state index in [1.807, 2.05) is 6.92 Å². The highest BCUT2D eigenvalue weighted by atomic mass is 16.6. The van der Waals surface area contributed by atoms with Gasteiger partial charge in [0.25, 0.3) is 0 Å². The van der Waals surface area contributed by atoms with Gasteiger partial charge in [-0.3, -0.25) is 0 Å². The van der Waals surface area contributed by atoms with Crippen molar-refractivity contribution in [2.24, 2.45) is 0 Å². The molecular formula is C7H11NO2. The van der Waals surface area contributed by atoms with E-state index in [4.69, 9.17) is 4.74 Å². The van der Waals surface area contributed by atoms with Gasteiger partial charge in [-0.25, -0.2) is 4.79 Å². The Morgan fingerprint density at radius 1 is 1.90 bits per heavy atom. The monoisotopic (exact) mass is 141 g/mol. The maximum absolute atomic E-state index is 10.6. The van der Waals surface area contributed by atoms with Gasteiger partial charge in [0, 0.05) is 0 Å². The van der Waals surface area contributed by atoms with Crippen molar-refractivity contribution in [3.63, 3.8) is 0 Å². The van der Waals surface area contributed by atoms with Crippen molar-refractivity contribution < 1.29 is 9.53 Å². The van der Waals surface area contributed by atoms with Crippen molar-refractivity contribution in [3.8, 4) is 0 Å². The van der Waals surface area contributed by atoms with Crippen molar-refractivity contribution in [3.05, 3.63) is 12.7 Å². The van der Waals surface area contributed by atoms with Gasteiger partial charge < -0.3 is 10.1 Å². The van der Waals surface area contributed by atoms with Crippen LogP contribution in [0.15, 0.2) is 12.7 Å². The molecular weight excluding hydrogens is 130 g/mol. The summed E-state index contributed by atoms with van der Waals surface area (Å²) in [4.78, 5) is 10.6. The maximum atomic E-state index is 10.6. The molecule has 3 heteroatoms. The summed E-state index contributed by atoms with van der Waals surface area (Å²) in [6, 6.07) is 0.116. The summed E-state index contributed by atoms with van der Waals surface area (Å²) in [5, 5.41) is 2.67. The second-order valence-corrected chi connectivity index (χ2v) is 2.26. The zero-order chi connectivity index (χ0) is 7.56. The van der Waals surface area contributed by atoms with Gasteiger partial charge in [-0.2, -0.15) is 0 Å². The Kier molecular flexibility index (Phi) is 1.94. The second-order valence-electron chi connectivity index (χ2n) is 2.26. The van der Waals surface area contributed by atoms with Crippen LogP contribution in [0.4, 0.5) is 4.79 Å². The fraction of sp³-hybridized carbons (Fsp3) is 0.571. The summed E-state index contributed by atoms with van der Waals surface area (Å²) in [7, 11) is 0. The minimum Gasteiger partial charge on any atom is -0.440 e. The highest BCUT2D eigenvalue weighted by Crippen LogP contribution is 2.11. The maximum Gasteiger partial charge on any atom is 0.408 e. The number of alkyl carbamates (subject to hydrolysis) is 1. The zero-order valence-corrected chi connectivity index (χ0v) is 5.96. The summed E-state index contributed by atoms with van der Waals surface area (Å²) in [5.41, 5.74) is 0. The van der Waals surface area contributed by atoms with E-state index < -0.39 is 0 Å². The second kappa shape index (κ2) is 2.73. The third kappa shape index (κ3) is 1.12. The van der Waals surface area contributed by atoms with Crippen LogP contribution < -0.4 is 5.32 Å². The molecule has 1 amide bonds. The fourth-order valence-corrected chi connectivity index (χ4v) is 1.02. The van der Waals surface area contributed by atoms with E-state index in [-0.39, 0.29) is 18.2 Å². The van der Waals surface area contributed by atoms with Crippen molar-refractivity contribution in [2.75, 3.05) is 0 Å². The fourth-order valence-electron chi connectivity index (χ4n) is 1.02. The summed E-state index contributed by atoms with van der Waals surface area (Å²) in [6.45, 7) is 5.55. The molecule has 3 nitrogen and oxygen atoms in total. The molecule has 1 N–H and O–H groups in total. The average Bonchev–Trinajstić information content (AvgIpc) is 2.30. The first kappa shape index (κ1) is 7.12. The molecule has 0 aromatic rings. The number of cyclic esters (lactones) is 1. The van der Waals surface area contributed by atoms with Crippen molar-refractivity contribution in [1.82, 2.24) is 5.32 Å². The van der Waals surface area contributed by atoms with Crippen molar-refractivity contribution in [1.29, 1.82) is 0 Å². The predicted molar refractivity (Wildman–Crippen MR) is 37.7 cm³/mol. The molecule has 1 heterocycles. The van der Waals surface area contributed by atoms with E-state index in [0.717, 1.165) is 6.42 Å². The molecule has 1 aliphatic heterocycles. The minimum absolute atomic E-state index is 0.116. The van der Waals surface area contributed by atoms with E-state index in [1.165, 1.54) is 0 Å². The number of rotatable bonds is 2. The van der Waals surface area contributed by atoms with Crippen LogP contribution in [0.1, 0.15) is 13.3 Å². The molecule has 0 aromatic carbocycles. The van der Waals surface area contributed by atoms with Crippen LogP contribution in [-0.4, -0.2) is 18.2 Å². The molecule has 56 valence electrons. The Morgan fingerprint density at radius 3 is 3.00 bits per heavy atom. The van der Waals surface area contributed by atoms with Gasteiger partial charge in [0.1, 0.15) is 6.10 Å². The molecule has 1 saturated heterocycles. The van der Waals surface area contributed by atoms with Crippen LogP contribution >= 0.6 is 0 Å². The number of hydrogen-bond acceptors (Lipinski definition) is 2. The van der Waals surface area contributed by atoms with Crippen LogP contribution in [0.5, 0.6) is 0 Å². The third-order valence-corrected chi connectivity index (χ3v) is 1.62. The average molecular weight is 141 g/mol. The smallest absolute Gasteiger partial charge is 0.408 e. The van der Waals surface area contributed by atoms with Gasteiger partial charge in [0.05, 0.1) is 6.04 Å². The number of carbonyl (C=O) groups excluding carboxylic acids is 1. The lowest BCUT2D eigenvalue weighted by Crippen LogP contribution is -2.29. The summed E-state index contributed by atoms with van der Waals surface area (Å²) < 4.78 is 4.85. The molecule has 0 aliphatic carbocycles. The quantitative estimate of drug-likeness (QED) is 0.584. The number of ether oxygens (including phenoxy) is 1. The van der Waals surface area contributed by atoms with Crippen LogP contribution in [0.25, 0.3) is 0 Å². The largest absolute Gasteiger partial charge is 0.440 e. The first-order valence-corrected chi connectivity index (χ1v) is 3.37. The molecule has 10 heavy (non-hydrogen) atoms.